The molecular formula is C27H31F2N5O2. The van der Waals surface area contributed by atoms with E-state index in [0.29, 0.717) is 10.9 Å². The SMILES string of the molecule is C=C(N/N=C/C(C)(C)c1cc(F)cc(F)c1)NC(=O)[C@H](C)NC(=O)c1nccc2ccccc12.CC. The summed E-state index contributed by atoms with van der Waals surface area (Å²) in [5.74, 6) is -2.31. The Kier molecular flexibility index (Phi) is 9.78. The lowest BCUT2D eigenvalue weighted by molar-refractivity contribution is -0.121. The van der Waals surface area contributed by atoms with Crippen LogP contribution in [0, 0.1) is 11.6 Å². The van der Waals surface area contributed by atoms with Crippen molar-refractivity contribution in [1.29, 1.82) is 0 Å². The first kappa shape index (κ1) is 28.1. The smallest absolute Gasteiger partial charge is 0.271 e. The highest BCUT2D eigenvalue weighted by Crippen LogP contribution is 2.23. The Hall–Kier alpha value is -4.14. The predicted molar refractivity (Wildman–Crippen MR) is 138 cm³/mol. The standard InChI is InChI=1S/C25H25F2N5O2.C2H6/c1-15(30-24(34)22-21-8-6-5-7-17(21)9-10-28-22)23(33)31-16(2)32-29-14-25(3,4)18-11-19(26)13-20(27)12-18;1-2/h5-15,32H,2H2,1,3-4H3,(H,30,34)(H,31,33);1-2H3/b29-14+;/t15-;/m0./s1. The summed E-state index contributed by atoms with van der Waals surface area (Å²) in [7, 11) is 0. The van der Waals surface area contributed by atoms with E-state index in [-0.39, 0.29) is 11.5 Å². The van der Waals surface area contributed by atoms with Crippen LogP contribution in [0.5, 0.6) is 0 Å². The molecule has 0 fully saturated rings. The molecule has 1 atom stereocenters. The van der Waals surface area contributed by atoms with Crippen molar-refractivity contribution in [1.82, 2.24) is 21.0 Å². The minimum Gasteiger partial charge on any atom is -0.339 e. The predicted octanol–water partition coefficient (Wildman–Crippen LogP) is 4.80. The van der Waals surface area contributed by atoms with Gasteiger partial charge in [0.2, 0.25) is 5.91 Å². The number of aromatic nitrogens is 1. The molecule has 36 heavy (non-hydrogen) atoms. The van der Waals surface area contributed by atoms with E-state index < -0.39 is 34.9 Å². The minimum absolute atomic E-state index is 0.0619. The molecule has 7 nitrogen and oxygen atoms in total. The zero-order chi connectivity index (χ0) is 26.9. The third-order valence-corrected chi connectivity index (χ3v) is 5.10. The van der Waals surface area contributed by atoms with E-state index in [2.05, 4.69) is 32.7 Å². The van der Waals surface area contributed by atoms with Gasteiger partial charge in [0.25, 0.3) is 5.91 Å². The summed E-state index contributed by atoms with van der Waals surface area (Å²) in [6.45, 7) is 12.7. The largest absolute Gasteiger partial charge is 0.339 e. The number of hydrogen-bond acceptors (Lipinski definition) is 5. The van der Waals surface area contributed by atoms with Crippen molar-refractivity contribution >= 4 is 28.8 Å². The molecule has 0 bridgehead atoms. The number of carbonyl (C=O) groups excluding carboxylic acids is 2. The van der Waals surface area contributed by atoms with Gasteiger partial charge in [0.15, 0.2) is 0 Å². The van der Waals surface area contributed by atoms with Gasteiger partial charge in [-0.1, -0.05) is 58.5 Å². The number of pyridine rings is 1. The van der Waals surface area contributed by atoms with E-state index in [9.17, 15) is 18.4 Å². The fourth-order valence-electron chi connectivity index (χ4n) is 3.19. The highest BCUT2D eigenvalue weighted by molar-refractivity contribution is 6.06. The van der Waals surface area contributed by atoms with E-state index in [1.807, 2.05) is 26.0 Å². The Labute approximate surface area is 209 Å². The second-order valence-electron chi connectivity index (χ2n) is 8.29. The van der Waals surface area contributed by atoms with Gasteiger partial charge < -0.3 is 10.6 Å². The van der Waals surface area contributed by atoms with Gasteiger partial charge >= 0.3 is 0 Å². The van der Waals surface area contributed by atoms with Crippen LogP contribution in [0.4, 0.5) is 8.78 Å². The number of hydrazone groups is 1. The molecule has 3 N–H and O–H groups in total. The second kappa shape index (κ2) is 12.5. The van der Waals surface area contributed by atoms with E-state index in [4.69, 9.17) is 0 Å². The number of fused-ring (bicyclic) bond motifs is 1. The first-order valence-electron chi connectivity index (χ1n) is 11.5. The van der Waals surface area contributed by atoms with Gasteiger partial charge in [-0.3, -0.25) is 20.0 Å². The Morgan fingerprint density at radius 3 is 2.39 bits per heavy atom. The molecule has 0 aliphatic heterocycles. The molecule has 3 rings (SSSR count). The average Bonchev–Trinajstić information content (AvgIpc) is 2.84. The fraction of sp³-hybridized carbons (Fsp3) is 0.259. The summed E-state index contributed by atoms with van der Waals surface area (Å²) >= 11 is 0. The number of amides is 2. The van der Waals surface area contributed by atoms with Crippen molar-refractivity contribution in [2.75, 3.05) is 0 Å². The zero-order valence-electron chi connectivity index (χ0n) is 21.0. The van der Waals surface area contributed by atoms with E-state index in [1.165, 1.54) is 31.5 Å². The molecule has 0 radical (unpaired) electrons. The van der Waals surface area contributed by atoms with Crippen LogP contribution < -0.4 is 16.1 Å². The first-order chi connectivity index (χ1) is 17.1. The van der Waals surface area contributed by atoms with Crippen LogP contribution in [0.15, 0.2) is 72.2 Å². The molecule has 1 heterocycles. The Balaban J connectivity index is 0.00000222. The van der Waals surface area contributed by atoms with E-state index >= 15 is 0 Å². The zero-order valence-corrected chi connectivity index (χ0v) is 21.0. The maximum absolute atomic E-state index is 13.5. The minimum atomic E-state index is -0.887. The fourth-order valence-corrected chi connectivity index (χ4v) is 3.19. The summed E-state index contributed by atoms with van der Waals surface area (Å²) in [6, 6.07) is 11.5. The van der Waals surface area contributed by atoms with Crippen molar-refractivity contribution in [2.45, 2.75) is 46.1 Å². The number of nitrogens with zero attached hydrogens (tertiary/aromatic N) is 2. The third kappa shape index (κ3) is 7.43. The Bertz CT molecular complexity index is 1250. The summed E-state index contributed by atoms with van der Waals surface area (Å²) in [4.78, 5) is 29.3. The molecule has 0 unspecified atom stereocenters. The van der Waals surface area contributed by atoms with Crippen LogP contribution in [0.3, 0.4) is 0 Å². The lowest BCUT2D eigenvalue weighted by atomic mass is 9.86. The molecular weight excluding hydrogens is 464 g/mol. The van der Waals surface area contributed by atoms with Crippen LogP contribution in [0.1, 0.15) is 50.7 Å². The van der Waals surface area contributed by atoms with Crippen molar-refractivity contribution in [3.8, 4) is 0 Å². The molecule has 1 aromatic heterocycles. The summed E-state index contributed by atoms with van der Waals surface area (Å²) in [5, 5.41) is 10.7. The number of halogens is 2. The third-order valence-electron chi connectivity index (χ3n) is 5.10. The van der Waals surface area contributed by atoms with Crippen molar-refractivity contribution in [2.24, 2.45) is 5.10 Å². The molecule has 190 valence electrons. The topological polar surface area (TPSA) is 95.5 Å². The molecule has 0 aliphatic rings. The Morgan fingerprint density at radius 1 is 1.08 bits per heavy atom. The molecule has 0 saturated heterocycles. The Morgan fingerprint density at radius 2 is 1.72 bits per heavy atom. The maximum atomic E-state index is 13.5. The molecule has 2 aromatic carbocycles. The van der Waals surface area contributed by atoms with Crippen LogP contribution in [0.2, 0.25) is 0 Å². The van der Waals surface area contributed by atoms with Gasteiger partial charge in [-0.25, -0.2) is 8.78 Å². The van der Waals surface area contributed by atoms with Gasteiger partial charge in [0.05, 0.1) is 0 Å². The molecule has 9 heteroatoms. The lowest BCUT2D eigenvalue weighted by Gasteiger charge is -2.20. The number of nitrogens with one attached hydrogen (secondary N) is 3. The van der Waals surface area contributed by atoms with Crippen molar-refractivity contribution in [3.63, 3.8) is 0 Å². The first-order valence-corrected chi connectivity index (χ1v) is 11.5. The number of benzene rings is 2. The molecule has 0 spiro atoms. The van der Waals surface area contributed by atoms with Gasteiger partial charge in [0.1, 0.15) is 29.2 Å². The van der Waals surface area contributed by atoms with Gasteiger partial charge in [-0.2, -0.15) is 5.10 Å². The lowest BCUT2D eigenvalue weighted by Crippen LogP contribution is -2.45. The van der Waals surface area contributed by atoms with Crippen LogP contribution in [-0.2, 0) is 10.2 Å². The van der Waals surface area contributed by atoms with Crippen molar-refractivity contribution < 1.29 is 18.4 Å². The molecule has 3 aromatic rings. The normalized spacial score (nSPS) is 11.9. The van der Waals surface area contributed by atoms with Gasteiger partial charge in [-0.05, 0) is 36.1 Å². The highest BCUT2D eigenvalue weighted by atomic mass is 19.1. The number of hydrogen-bond donors (Lipinski definition) is 3. The van der Waals surface area contributed by atoms with E-state index in [1.54, 1.807) is 32.0 Å². The molecule has 0 aliphatic carbocycles. The monoisotopic (exact) mass is 495 g/mol. The van der Waals surface area contributed by atoms with Gasteiger partial charge in [0, 0.05) is 29.3 Å². The van der Waals surface area contributed by atoms with Crippen molar-refractivity contribution in [3.05, 3.63) is 90.0 Å². The molecule has 0 saturated carbocycles. The summed E-state index contributed by atoms with van der Waals surface area (Å²) < 4.78 is 27.0. The summed E-state index contributed by atoms with van der Waals surface area (Å²) in [5.41, 5.74) is 2.37. The average molecular weight is 496 g/mol. The van der Waals surface area contributed by atoms with Crippen LogP contribution in [-0.4, -0.2) is 29.1 Å². The van der Waals surface area contributed by atoms with Crippen LogP contribution >= 0.6 is 0 Å². The maximum Gasteiger partial charge on any atom is 0.271 e. The molecule has 2 amide bonds. The highest BCUT2D eigenvalue weighted by Gasteiger charge is 2.21. The quantitative estimate of drug-likeness (QED) is 0.309. The second-order valence-corrected chi connectivity index (χ2v) is 8.29. The summed E-state index contributed by atoms with van der Waals surface area (Å²) in [6.07, 6.45) is 2.97. The van der Waals surface area contributed by atoms with Crippen LogP contribution in [0.25, 0.3) is 10.8 Å². The van der Waals surface area contributed by atoms with E-state index in [0.717, 1.165) is 11.5 Å². The number of carbonyl (C=O) groups is 2. The number of rotatable bonds is 8. The van der Waals surface area contributed by atoms with Gasteiger partial charge in [-0.15, -0.1) is 0 Å².